The normalized spacial score (nSPS) is 15.4. The number of rotatable bonds is 4. The van der Waals surface area contributed by atoms with Gasteiger partial charge in [0.15, 0.2) is 0 Å². The van der Waals surface area contributed by atoms with Crippen molar-refractivity contribution in [2.45, 2.75) is 38.9 Å². The molecule has 0 aromatic rings. The molecule has 0 heterocycles. The van der Waals surface area contributed by atoms with Crippen molar-refractivity contribution in [3.63, 3.8) is 0 Å². The molecule has 0 saturated heterocycles. The summed E-state index contributed by atoms with van der Waals surface area (Å²) in [6, 6.07) is 0. The van der Waals surface area contributed by atoms with E-state index in [4.69, 9.17) is 0 Å². The van der Waals surface area contributed by atoms with Gasteiger partial charge in [0.25, 0.3) is 0 Å². The van der Waals surface area contributed by atoms with E-state index in [-0.39, 0.29) is 0 Å². The molecule has 0 aromatic heterocycles. The first-order valence-electron chi connectivity index (χ1n) is 3.77. The van der Waals surface area contributed by atoms with E-state index in [2.05, 4.69) is 0 Å². The molecule has 1 unspecified atom stereocenters. The summed E-state index contributed by atoms with van der Waals surface area (Å²) in [7, 11) is -4.30. The predicted molar refractivity (Wildman–Crippen MR) is 43.6 cm³/mol. The van der Waals surface area contributed by atoms with Gasteiger partial charge in [-0.1, -0.05) is 13.8 Å². The topological polar surface area (TPSA) is 34.1 Å². The maximum absolute atomic E-state index is 12.2. The molecule has 4 heteroatoms. The van der Waals surface area contributed by atoms with Gasteiger partial charge in [0.2, 0.25) is 0 Å². The summed E-state index contributed by atoms with van der Waals surface area (Å²) in [6.07, 6.45) is 1.17. The summed E-state index contributed by atoms with van der Waals surface area (Å²) in [5, 5.41) is -0.843. The highest BCUT2D eigenvalue weighted by molar-refractivity contribution is 7.86. The van der Waals surface area contributed by atoms with Crippen LogP contribution in [0.25, 0.3) is 0 Å². The fourth-order valence-corrected chi connectivity index (χ4v) is 1.13. The molecular formula is C7H15FO2S. The molecule has 0 radical (unpaired) electrons. The smallest absolute Gasteiger partial charge is 0.195 e. The van der Waals surface area contributed by atoms with Crippen LogP contribution in [0.2, 0.25) is 0 Å². The summed E-state index contributed by atoms with van der Waals surface area (Å²) in [5.74, 6) is 0.430. The van der Waals surface area contributed by atoms with Crippen molar-refractivity contribution >= 4 is 10.2 Å². The second-order valence-corrected chi connectivity index (χ2v) is 5.01. The fourth-order valence-electron chi connectivity index (χ4n) is 0.709. The van der Waals surface area contributed by atoms with Gasteiger partial charge in [-0.05, 0) is 25.7 Å². The Morgan fingerprint density at radius 1 is 1.18 bits per heavy atom. The third-order valence-electron chi connectivity index (χ3n) is 1.63. The van der Waals surface area contributed by atoms with Crippen molar-refractivity contribution in [3.8, 4) is 0 Å². The predicted octanol–water partition coefficient (Wildman–Crippen LogP) is 2.11. The van der Waals surface area contributed by atoms with Crippen LogP contribution >= 0.6 is 0 Å². The van der Waals surface area contributed by atoms with Gasteiger partial charge in [0.1, 0.15) is 0 Å². The first-order valence-corrected chi connectivity index (χ1v) is 5.22. The van der Waals surface area contributed by atoms with Gasteiger partial charge in [-0.3, -0.25) is 0 Å². The number of hydrogen-bond acceptors (Lipinski definition) is 2. The van der Waals surface area contributed by atoms with E-state index in [0.717, 1.165) is 6.42 Å². The van der Waals surface area contributed by atoms with Crippen LogP contribution < -0.4 is 0 Å². The molecule has 0 spiro atoms. The Bertz CT molecular complexity index is 196. The molecule has 2 nitrogen and oxygen atoms in total. The lowest BCUT2D eigenvalue weighted by molar-refractivity contribution is 0.505. The molecule has 0 aliphatic rings. The summed E-state index contributed by atoms with van der Waals surface area (Å²) < 4.78 is 32.8. The lowest BCUT2D eigenvalue weighted by Crippen LogP contribution is -2.13. The lowest BCUT2D eigenvalue weighted by atomic mass is 10.1. The minimum Gasteiger partial charge on any atom is -0.195 e. The third-order valence-corrected chi connectivity index (χ3v) is 2.83. The van der Waals surface area contributed by atoms with Crippen molar-refractivity contribution in [2.24, 2.45) is 5.92 Å². The van der Waals surface area contributed by atoms with Crippen LogP contribution in [0.15, 0.2) is 0 Å². The van der Waals surface area contributed by atoms with Crippen LogP contribution in [0.4, 0.5) is 3.89 Å². The van der Waals surface area contributed by atoms with Gasteiger partial charge >= 0.3 is 10.2 Å². The van der Waals surface area contributed by atoms with Gasteiger partial charge in [0.05, 0.1) is 5.25 Å². The largest absolute Gasteiger partial charge is 0.305 e. The molecular weight excluding hydrogens is 167 g/mol. The lowest BCUT2D eigenvalue weighted by Gasteiger charge is -2.07. The minimum atomic E-state index is -4.30. The Hall–Kier alpha value is -0.120. The molecule has 0 rings (SSSR count). The molecule has 0 amide bonds. The van der Waals surface area contributed by atoms with Crippen molar-refractivity contribution < 1.29 is 12.3 Å². The van der Waals surface area contributed by atoms with Crippen molar-refractivity contribution in [2.75, 3.05) is 0 Å². The van der Waals surface area contributed by atoms with Crippen LogP contribution in [0.5, 0.6) is 0 Å². The molecule has 0 aliphatic carbocycles. The zero-order valence-electron chi connectivity index (χ0n) is 7.17. The Morgan fingerprint density at radius 2 is 1.64 bits per heavy atom. The average molecular weight is 182 g/mol. The minimum absolute atomic E-state index is 0.413. The summed E-state index contributed by atoms with van der Waals surface area (Å²) in [5.41, 5.74) is 0. The van der Waals surface area contributed by atoms with Crippen LogP contribution in [-0.2, 0) is 10.2 Å². The molecule has 1 atom stereocenters. The quantitative estimate of drug-likeness (QED) is 0.624. The monoisotopic (exact) mass is 182 g/mol. The molecule has 0 N–H and O–H groups in total. The van der Waals surface area contributed by atoms with Gasteiger partial charge in [-0.25, -0.2) is 0 Å². The highest BCUT2D eigenvalue weighted by Gasteiger charge is 2.18. The van der Waals surface area contributed by atoms with Crippen LogP contribution in [-0.4, -0.2) is 13.7 Å². The number of hydrogen-bond donors (Lipinski definition) is 0. The van der Waals surface area contributed by atoms with Crippen molar-refractivity contribution in [1.29, 1.82) is 0 Å². The van der Waals surface area contributed by atoms with E-state index in [1.54, 1.807) is 0 Å². The van der Waals surface area contributed by atoms with E-state index in [1.807, 2.05) is 13.8 Å². The van der Waals surface area contributed by atoms with Gasteiger partial charge < -0.3 is 0 Å². The molecule has 11 heavy (non-hydrogen) atoms. The Kier molecular flexibility index (Phi) is 4.00. The summed E-state index contributed by atoms with van der Waals surface area (Å²) >= 11 is 0. The highest BCUT2D eigenvalue weighted by Crippen LogP contribution is 2.13. The Balaban J connectivity index is 3.81. The molecule has 0 aliphatic heterocycles. The molecule has 0 aromatic carbocycles. The molecule has 68 valence electrons. The first-order chi connectivity index (χ1) is 4.84. The van der Waals surface area contributed by atoms with Gasteiger partial charge in [0, 0.05) is 0 Å². The molecule has 0 bridgehead atoms. The van der Waals surface area contributed by atoms with E-state index in [9.17, 15) is 12.3 Å². The molecule has 0 saturated carbocycles. The van der Waals surface area contributed by atoms with E-state index >= 15 is 0 Å². The van der Waals surface area contributed by atoms with Crippen LogP contribution in [0.3, 0.4) is 0 Å². The van der Waals surface area contributed by atoms with E-state index < -0.39 is 15.5 Å². The van der Waals surface area contributed by atoms with Crippen LogP contribution in [0.1, 0.15) is 33.6 Å². The average Bonchev–Trinajstić information content (AvgIpc) is 1.80. The van der Waals surface area contributed by atoms with E-state index in [1.165, 1.54) is 6.92 Å². The van der Waals surface area contributed by atoms with Crippen molar-refractivity contribution in [1.82, 2.24) is 0 Å². The Labute approximate surface area is 68.0 Å². The van der Waals surface area contributed by atoms with Gasteiger partial charge in [-0.2, -0.15) is 8.42 Å². The maximum atomic E-state index is 12.2. The van der Waals surface area contributed by atoms with Crippen LogP contribution in [0, 0.1) is 5.92 Å². The molecule has 0 fully saturated rings. The standard InChI is InChI=1S/C7H15FO2S/c1-6(2)4-5-7(3)11(8,9)10/h6-7H,4-5H2,1-3H3. The maximum Gasteiger partial charge on any atom is 0.305 e. The first kappa shape index (κ1) is 10.9. The van der Waals surface area contributed by atoms with E-state index in [0.29, 0.717) is 12.3 Å². The third kappa shape index (κ3) is 5.18. The summed E-state index contributed by atoms with van der Waals surface area (Å²) in [6.45, 7) is 5.37. The second-order valence-electron chi connectivity index (χ2n) is 3.26. The zero-order valence-corrected chi connectivity index (χ0v) is 7.99. The zero-order chi connectivity index (χ0) is 9.07. The van der Waals surface area contributed by atoms with Gasteiger partial charge in [-0.15, -0.1) is 3.89 Å². The second kappa shape index (κ2) is 4.04. The summed E-state index contributed by atoms with van der Waals surface area (Å²) in [4.78, 5) is 0. The fraction of sp³-hybridized carbons (Fsp3) is 1.00. The highest BCUT2D eigenvalue weighted by atomic mass is 32.3. The van der Waals surface area contributed by atoms with Crippen molar-refractivity contribution in [3.05, 3.63) is 0 Å². The SMILES string of the molecule is CC(C)CCC(C)S(=O)(=O)F. The Morgan fingerprint density at radius 3 is 1.91 bits per heavy atom. The number of halogens is 1.